The van der Waals surface area contributed by atoms with E-state index in [0.717, 1.165) is 19.3 Å². The van der Waals surface area contributed by atoms with Gasteiger partial charge in [0.1, 0.15) is 0 Å². The molecular weight excluding hydrogens is 228 g/mol. The molecule has 3 aliphatic carbocycles. The van der Waals surface area contributed by atoms with Crippen molar-refractivity contribution in [3.63, 3.8) is 0 Å². The van der Waals surface area contributed by atoms with Gasteiger partial charge in [0.15, 0.2) is 0 Å². The summed E-state index contributed by atoms with van der Waals surface area (Å²) < 4.78 is 0. The lowest BCUT2D eigenvalue weighted by Gasteiger charge is -2.08. The Balaban J connectivity index is 2.23. The fourth-order valence-corrected chi connectivity index (χ4v) is 3.90. The molecule has 0 aromatic heterocycles. The number of hydrogen-bond acceptors (Lipinski definition) is 0. The fraction of sp³-hybridized carbons (Fsp3) is 0.158. The van der Waals surface area contributed by atoms with Crippen LogP contribution in [0.2, 0.25) is 0 Å². The van der Waals surface area contributed by atoms with Gasteiger partial charge in [-0.25, -0.2) is 0 Å². The quantitative estimate of drug-likeness (QED) is 0.654. The third-order valence-electron chi connectivity index (χ3n) is 4.69. The van der Waals surface area contributed by atoms with Crippen LogP contribution in [0.4, 0.5) is 0 Å². The van der Waals surface area contributed by atoms with E-state index in [1.807, 2.05) is 0 Å². The second kappa shape index (κ2) is 3.27. The monoisotopic (exact) mass is 242 g/mol. The van der Waals surface area contributed by atoms with Crippen LogP contribution in [-0.4, -0.2) is 0 Å². The lowest BCUT2D eigenvalue weighted by molar-refractivity contribution is 1.32. The van der Waals surface area contributed by atoms with Gasteiger partial charge in [-0.3, -0.25) is 0 Å². The van der Waals surface area contributed by atoms with Crippen LogP contribution in [-0.2, 0) is 6.42 Å². The van der Waals surface area contributed by atoms with Crippen molar-refractivity contribution < 1.29 is 0 Å². The van der Waals surface area contributed by atoms with Crippen LogP contribution >= 0.6 is 0 Å². The predicted octanol–water partition coefficient (Wildman–Crippen LogP) is 1.34. The lowest BCUT2D eigenvalue weighted by atomic mass is 9.95. The summed E-state index contributed by atoms with van der Waals surface area (Å²) in [6, 6.07) is 4.63. The molecule has 0 heterocycles. The topological polar surface area (TPSA) is 0 Å². The van der Waals surface area contributed by atoms with Crippen molar-refractivity contribution in [2.45, 2.75) is 19.3 Å². The Labute approximate surface area is 111 Å². The van der Waals surface area contributed by atoms with Crippen LogP contribution < -0.4 is 20.9 Å². The first-order valence-corrected chi connectivity index (χ1v) is 7.08. The van der Waals surface area contributed by atoms with E-state index in [4.69, 9.17) is 0 Å². The van der Waals surface area contributed by atoms with Gasteiger partial charge in [-0.2, -0.15) is 0 Å². The number of allylic oxidation sites excluding steroid dienone is 1. The fourth-order valence-electron chi connectivity index (χ4n) is 3.90. The Kier molecular flexibility index (Phi) is 1.69. The standard InChI is InChI=1S/C19H14/c1-4-12-10-11-18-16-7-2-6-14(16)15-8-3-9-17(15)19(18)13(12)5-1/h2,4-6,8-11H,1,3,7H2. The van der Waals surface area contributed by atoms with E-state index >= 15 is 0 Å². The molecule has 0 N–H and O–H groups in total. The van der Waals surface area contributed by atoms with Crippen molar-refractivity contribution in [1.29, 1.82) is 0 Å². The van der Waals surface area contributed by atoms with Gasteiger partial charge >= 0.3 is 0 Å². The summed E-state index contributed by atoms with van der Waals surface area (Å²) in [6.07, 6.45) is 17.4. The Morgan fingerprint density at radius 3 is 2.63 bits per heavy atom. The molecule has 90 valence electrons. The van der Waals surface area contributed by atoms with Crippen molar-refractivity contribution in [3.05, 3.63) is 50.2 Å². The van der Waals surface area contributed by atoms with Crippen LogP contribution in [0.3, 0.4) is 0 Å². The molecule has 0 aliphatic heterocycles. The molecule has 0 bridgehead atoms. The summed E-state index contributed by atoms with van der Waals surface area (Å²) in [6.45, 7) is 0. The molecule has 0 fully saturated rings. The third kappa shape index (κ3) is 1.10. The largest absolute Gasteiger partial charge is 0.0795 e. The second-order valence-electron chi connectivity index (χ2n) is 5.60. The Morgan fingerprint density at radius 2 is 1.63 bits per heavy atom. The molecule has 0 heteroatoms. The molecule has 2 aromatic carbocycles. The summed E-state index contributed by atoms with van der Waals surface area (Å²) in [5.41, 5.74) is 3.00. The number of hydrogen-bond donors (Lipinski definition) is 0. The maximum absolute atomic E-state index is 2.40. The van der Waals surface area contributed by atoms with Crippen molar-refractivity contribution in [3.8, 4) is 0 Å². The summed E-state index contributed by atoms with van der Waals surface area (Å²) in [4.78, 5) is 0. The zero-order chi connectivity index (χ0) is 12.4. The van der Waals surface area contributed by atoms with E-state index in [0.29, 0.717) is 0 Å². The first kappa shape index (κ1) is 9.80. The normalized spacial score (nSPS) is 17.3. The van der Waals surface area contributed by atoms with Crippen molar-refractivity contribution in [2.24, 2.45) is 0 Å². The van der Waals surface area contributed by atoms with Crippen molar-refractivity contribution in [1.82, 2.24) is 0 Å². The Morgan fingerprint density at radius 1 is 0.789 bits per heavy atom. The molecule has 5 rings (SSSR count). The maximum atomic E-state index is 2.40. The van der Waals surface area contributed by atoms with Gasteiger partial charge in [0.05, 0.1) is 0 Å². The number of benzene rings is 2. The highest BCUT2D eigenvalue weighted by molar-refractivity contribution is 5.94. The minimum Gasteiger partial charge on any atom is -0.0795 e. The van der Waals surface area contributed by atoms with E-state index in [-0.39, 0.29) is 0 Å². The maximum Gasteiger partial charge on any atom is -0.00299 e. The molecule has 0 saturated heterocycles. The summed E-state index contributed by atoms with van der Waals surface area (Å²) >= 11 is 0. The lowest BCUT2D eigenvalue weighted by Crippen LogP contribution is -2.34. The molecule has 3 aliphatic rings. The highest BCUT2D eigenvalue weighted by atomic mass is 14.2. The second-order valence-corrected chi connectivity index (χ2v) is 5.60. The molecule has 0 amide bonds. The highest BCUT2D eigenvalue weighted by Gasteiger charge is 2.15. The first-order valence-electron chi connectivity index (χ1n) is 7.08. The average Bonchev–Trinajstić information content (AvgIpc) is 3.17. The molecular formula is C19H14. The van der Waals surface area contributed by atoms with Gasteiger partial charge in [-0.15, -0.1) is 0 Å². The number of rotatable bonds is 0. The number of fused-ring (bicyclic) bond motifs is 8. The van der Waals surface area contributed by atoms with Crippen LogP contribution in [0.5, 0.6) is 0 Å². The SMILES string of the molecule is C1=Cc2c(c3ccc4c(c3c3c2=CCC=3)=CCC=4)C1. The summed E-state index contributed by atoms with van der Waals surface area (Å²) in [5, 5.41) is 8.80. The van der Waals surface area contributed by atoms with Crippen molar-refractivity contribution >= 4 is 41.2 Å². The zero-order valence-corrected chi connectivity index (χ0v) is 10.7. The van der Waals surface area contributed by atoms with Gasteiger partial charge in [0.2, 0.25) is 0 Å². The molecule has 19 heavy (non-hydrogen) atoms. The van der Waals surface area contributed by atoms with E-state index in [1.165, 1.54) is 42.8 Å². The summed E-state index contributed by atoms with van der Waals surface area (Å²) in [7, 11) is 0. The molecule has 0 nitrogen and oxygen atoms in total. The van der Waals surface area contributed by atoms with E-state index in [9.17, 15) is 0 Å². The minimum atomic E-state index is 1.09. The van der Waals surface area contributed by atoms with E-state index < -0.39 is 0 Å². The zero-order valence-electron chi connectivity index (χ0n) is 10.7. The van der Waals surface area contributed by atoms with Gasteiger partial charge in [-0.05, 0) is 62.0 Å². The van der Waals surface area contributed by atoms with Gasteiger partial charge in [0.25, 0.3) is 0 Å². The molecule has 0 atom stereocenters. The van der Waals surface area contributed by atoms with Gasteiger partial charge < -0.3 is 0 Å². The molecule has 0 unspecified atom stereocenters. The van der Waals surface area contributed by atoms with Crippen molar-refractivity contribution in [2.75, 3.05) is 0 Å². The van der Waals surface area contributed by atoms with E-state index in [1.54, 1.807) is 0 Å². The van der Waals surface area contributed by atoms with Gasteiger partial charge in [-0.1, -0.05) is 48.6 Å². The summed E-state index contributed by atoms with van der Waals surface area (Å²) in [5.74, 6) is 0. The Bertz CT molecular complexity index is 1010. The first-order chi connectivity index (χ1) is 9.43. The molecule has 0 radical (unpaired) electrons. The average molecular weight is 242 g/mol. The molecule has 0 saturated carbocycles. The Hall–Kier alpha value is -2.08. The molecule has 2 aromatic rings. The smallest absolute Gasteiger partial charge is 0.00299 e. The predicted molar refractivity (Wildman–Crippen MR) is 82.3 cm³/mol. The van der Waals surface area contributed by atoms with Crippen LogP contribution in [0.25, 0.3) is 41.2 Å². The third-order valence-corrected chi connectivity index (χ3v) is 4.69. The molecule has 0 spiro atoms. The minimum absolute atomic E-state index is 1.09. The van der Waals surface area contributed by atoms with Crippen LogP contribution in [0.1, 0.15) is 24.0 Å². The van der Waals surface area contributed by atoms with Crippen LogP contribution in [0, 0.1) is 0 Å². The van der Waals surface area contributed by atoms with Gasteiger partial charge in [0, 0.05) is 0 Å². The van der Waals surface area contributed by atoms with E-state index in [2.05, 4.69) is 48.6 Å². The highest BCUT2D eigenvalue weighted by Crippen LogP contribution is 2.23. The van der Waals surface area contributed by atoms with Crippen LogP contribution in [0.15, 0.2) is 18.2 Å².